The predicted molar refractivity (Wildman–Crippen MR) is 65.0 cm³/mol. The molecule has 1 aromatic heterocycles. The molecule has 1 unspecified atom stereocenters. The van der Waals surface area contributed by atoms with Crippen LogP contribution in [0.15, 0.2) is 29.4 Å². The molecule has 6 heteroatoms. The Kier molecular flexibility index (Phi) is 3.76. The molecule has 0 bridgehead atoms. The van der Waals surface area contributed by atoms with Crippen LogP contribution in [0.25, 0.3) is 0 Å². The van der Waals surface area contributed by atoms with Crippen molar-refractivity contribution >= 4 is 10.0 Å². The van der Waals surface area contributed by atoms with Crippen LogP contribution in [0.4, 0.5) is 0 Å². The fourth-order valence-corrected chi connectivity index (χ4v) is 3.09. The van der Waals surface area contributed by atoms with Crippen LogP contribution in [0.5, 0.6) is 0 Å². The first kappa shape index (κ1) is 12.5. The second-order valence-electron chi connectivity index (χ2n) is 4.46. The number of hydrogen-bond donors (Lipinski definition) is 1. The number of nitrogens with one attached hydrogen (secondary N) is 1. The average Bonchev–Trinajstić information content (AvgIpc) is 2.74. The summed E-state index contributed by atoms with van der Waals surface area (Å²) >= 11 is 0. The molecule has 1 aliphatic rings. The lowest BCUT2D eigenvalue weighted by Crippen LogP contribution is -2.30. The van der Waals surface area contributed by atoms with Gasteiger partial charge in [-0.15, -0.1) is 0 Å². The zero-order valence-electron chi connectivity index (χ0n) is 9.83. The van der Waals surface area contributed by atoms with Crippen molar-refractivity contribution in [1.82, 2.24) is 14.6 Å². The fourth-order valence-electron chi connectivity index (χ4n) is 2.01. The summed E-state index contributed by atoms with van der Waals surface area (Å²) in [5.74, 6) is 0.409. The molecule has 17 heavy (non-hydrogen) atoms. The van der Waals surface area contributed by atoms with Crippen molar-refractivity contribution in [3.8, 4) is 0 Å². The van der Waals surface area contributed by atoms with Gasteiger partial charge in [0.2, 0.25) is 10.0 Å². The van der Waals surface area contributed by atoms with Crippen molar-refractivity contribution in [2.24, 2.45) is 5.92 Å². The van der Waals surface area contributed by atoms with Gasteiger partial charge in [0.05, 0.1) is 0 Å². The second kappa shape index (κ2) is 5.12. The normalized spacial score (nSPS) is 21.8. The molecule has 1 aromatic rings. The SMILES string of the molecule is CN1CCC(CNS(=O)(=O)c2cccnc2)C1. The minimum Gasteiger partial charge on any atom is -0.306 e. The molecule has 0 spiro atoms. The third-order valence-corrected chi connectivity index (χ3v) is 4.40. The zero-order valence-corrected chi connectivity index (χ0v) is 10.7. The van der Waals surface area contributed by atoms with E-state index in [0.29, 0.717) is 12.5 Å². The number of rotatable bonds is 4. The van der Waals surface area contributed by atoms with Crippen molar-refractivity contribution < 1.29 is 8.42 Å². The molecule has 0 amide bonds. The van der Waals surface area contributed by atoms with E-state index in [4.69, 9.17) is 0 Å². The lowest BCUT2D eigenvalue weighted by molar-refractivity contribution is 0.394. The van der Waals surface area contributed by atoms with Crippen molar-refractivity contribution in [3.05, 3.63) is 24.5 Å². The Morgan fingerprint density at radius 2 is 2.41 bits per heavy atom. The first-order chi connectivity index (χ1) is 8.08. The third kappa shape index (κ3) is 3.24. The van der Waals surface area contributed by atoms with Gasteiger partial charge >= 0.3 is 0 Å². The van der Waals surface area contributed by atoms with Crippen LogP contribution < -0.4 is 4.72 Å². The lowest BCUT2D eigenvalue weighted by Gasteiger charge is -2.11. The van der Waals surface area contributed by atoms with Crippen LogP contribution in [-0.2, 0) is 10.0 Å². The van der Waals surface area contributed by atoms with Gasteiger partial charge in [0.15, 0.2) is 0 Å². The third-order valence-electron chi connectivity index (χ3n) is 3.00. The molecule has 2 heterocycles. The maximum atomic E-state index is 11.9. The fraction of sp³-hybridized carbons (Fsp3) is 0.545. The van der Waals surface area contributed by atoms with Gasteiger partial charge in [-0.1, -0.05) is 0 Å². The quantitative estimate of drug-likeness (QED) is 0.841. The molecule has 1 N–H and O–H groups in total. The van der Waals surface area contributed by atoms with Crippen molar-refractivity contribution in [1.29, 1.82) is 0 Å². The molecule has 1 atom stereocenters. The molecule has 94 valence electrons. The molecule has 0 radical (unpaired) electrons. The van der Waals surface area contributed by atoms with Crippen LogP contribution in [-0.4, -0.2) is 45.0 Å². The van der Waals surface area contributed by atoms with E-state index in [-0.39, 0.29) is 4.90 Å². The van der Waals surface area contributed by atoms with Gasteiger partial charge in [0, 0.05) is 25.5 Å². The molecular weight excluding hydrogens is 238 g/mol. The smallest absolute Gasteiger partial charge is 0.242 e. The zero-order chi connectivity index (χ0) is 12.3. The highest BCUT2D eigenvalue weighted by Gasteiger charge is 2.22. The molecule has 5 nitrogen and oxygen atoms in total. The number of pyridine rings is 1. The van der Waals surface area contributed by atoms with Gasteiger partial charge in [-0.25, -0.2) is 13.1 Å². The second-order valence-corrected chi connectivity index (χ2v) is 6.22. The highest BCUT2D eigenvalue weighted by molar-refractivity contribution is 7.89. The Labute approximate surface area is 102 Å². The molecule has 0 saturated carbocycles. The lowest BCUT2D eigenvalue weighted by atomic mass is 10.1. The summed E-state index contributed by atoms with van der Waals surface area (Å²) in [5, 5.41) is 0. The summed E-state index contributed by atoms with van der Waals surface area (Å²) in [7, 11) is -1.35. The van der Waals surface area contributed by atoms with Crippen LogP contribution >= 0.6 is 0 Å². The van der Waals surface area contributed by atoms with E-state index in [1.54, 1.807) is 18.3 Å². The molecule has 1 saturated heterocycles. The summed E-state index contributed by atoms with van der Waals surface area (Å²) in [6.45, 7) is 2.50. The van der Waals surface area contributed by atoms with Gasteiger partial charge < -0.3 is 4.90 Å². The minimum atomic E-state index is -3.40. The number of hydrogen-bond acceptors (Lipinski definition) is 4. The minimum absolute atomic E-state index is 0.228. The number of likely N-dealkylation sites (tertiary alicyclic amines) is 1. The van der Waals surface area contributed by atoms with E-state index in [9.17, 15) is 8.42 Å². The van der Waals surface area contributed by atoms with Crippen molar-refractivity contribution in [2.45, 2.75) is 11.3 Å². The molecular formula is C11H17N3O2S. The Balaban J connectivity index is 1.95. The first-order valence-corrected chi connectivity index (χ1v) is 7.14. The number of nitrogens with zero attached hydrogens (tertiary/aromatic N) is 2. The Morgan fingerprint density at radius 1 is 1.59 bits per heavy atom. The van der Waals surface area contributed by atoms with E-state index in [0.717, 1.165) is 19.5 Å². The van der Waals surface area contributed by atoms with Gasteiger partial charge in [0.25, 0.3) is 0 Å². The summed E-state index contributed by atoms with van der Waals surface area (Å²) in [6, 6.07) is 3.17. The van der Waals surface area contributed by atoms with Gasteiger partial charge in [0.1, 0.15) is 4.90 Å². The van der Waals surface area contributed by atoms with Crippen molar-refractivity contribution in [2.75, 3.05) is 26.7 Å². The topological polar surface area (TPSA) is 62.3 Å². The molecule has 0 aromatic carbocycles. The Morgan fingerprint density at radius 3 is 3.00 bits per heavy atom. The molecule has 2 rings (SSSR count). The summed E-state index contributed by atoms with van der Waals surface area (Å²) in [6.07, 6.45) is 3.97. The van der Waals surface area contributed by atoms with E-state index in [2.05, 4.69) is 21.7 Å². The first-order valence-electron chi connectivity index (χ1n) is 5.66. The maximum absolute atomic E-state index is 11.9. The van der Waals surface area contributed by atoms with Crippen LogP contribution in [0.2, 0.25) is 0 Å². The number of aromatic nitrogens is 1. The highest BCUT2D eigenvalue weighted by Crippen LogP contribution is 2.14. The van der Waals surface area contributed by atoms with E-state index in [1.807, 2.05) is 0 Å². The van der Waals surface area contributed by atoms with E-state index >= 15 is 0 Å². The van der Waals surface area contributed by atoms with E-state index in [1.165, 1.54) is 6.20 Å². The average molecular weight is 255 g/mol. The van der Waals surface area contributed by atoms with Crippen LogP contribution in [0.1, 0.15) is 6.42 Å². The standard InChI is InChI=1S/C11H17N3O2S/c1-14-6-4-10(9-14)7-13-17(15,16)11-3-2-5-12-8-11/h2-3,5,8,10,13H,4,6-7,9H2,1H3. The highest BCUT2D eigenvalue weighted by atomic mass is 32.2. The summed E-state index contributed by atoms with van der Waals surface area (Å²) in [5.41, 5.74) is 0. The monoisotopic (exact) mass is 255 g/mol. The summed E-state index contributed by atoms with van der Waals surface area (Å²) < 4.78 is 26.5. The largest absolute Gasteiger partial charge is 0.306 e. The van der Waals surface area contributed by atoms with Crippen LogP contribution in [0, 0.1) is 5.92 Å². The molecule has 0 aliphatic carbocycles. The van der Waals surface area contributed by atoms with Gasteiger partial charge in [-0.3, -0.25) is 4.98 Å². The van der Waals surface area contributed by atoms with Crippen LogP contribution in [0.3, 0.4) is 0 Å². The van der Waals surface area contributed by atoms with Crippen molar-refractivity contribution in [3.63, 3.8) is 0 Å². The van der Waals surface area contributed by atoms with Gasteiger partial charge in [-0.05, 0) is 38.1 Å². The predicted octanol–water partition coefficient (Wildman–Crippen LogP) is 0.312. The van der Waals surface area contributed by atoms with E-state index < -0.39 is 10.0 Å². The summed E-state index contributed by atoms with van der Waals surface area (Å²) in [4.78, 5) is 6.25. The van der Waals surface area contributed by atoms with Gasteiger partial charge in [-0.2, -0.15) is 0 Å². The number of sulfonamides is 1. The Bertz CT molecular complexity index is 461. The molecule has 1 fully saturated rings. The Hall–Kier alpha value is -0.980. The molecule has 1 aliphatic heterocycles. The maximum Gasteiger partial charge on any atom is 0.242 e.